The van der Waals surface area contributed by atoms with Gasteiger partial charge in [0.2, 0.25) is 0 Å². The molecule has 0 aliphatic rings. The smallest absolute Gasteiger partial charge is 0.192 e. The molecule has 1 atom stereocenters. The Balaban J connectivity index is 4.17. The topological polar surface area (TPSA) is 35.2 Å². The summed E-state index contributed by atoms with van der Waals surface area (Å²) in [5, 5.41) is 0.301. The van der Waals surface area contributed by atoms with Crippen molar-refractivity contribution in [3.63, 3.8) is 0 Å². The van der Waals surface area contributed by atoms with E-state index in [0.717, 1.165) is 13.0 Å². The van der Waals surface area contributed by atoms with Crippen molar-refractivity contribution in [3.05, 3.63) is 0 Å². The van der Waals surface area contributed by atoms with E-state index in [2.05, 4.69) is 40.8 Å². The Hall–Kier alpha value is 0.137. The van der Waals surface area contributed by atoms with Crippen LogP contribution < -0.4 is 5.73 Å². The van der Waals surface area contributed by atoms with Crippen molar-refractivity contribution in [1.29, 1.82) is 0 Å². The van der Waals surface area contributed by atoms with Crippen LogP contribution >= 0.6 is 0 Å². The summed E-state index contributed by atoms with van der Waals surface area (Å²) in [5.41, 5.74) is 5.49. The molecule has 0 saturated heterocycles. The van der Waals surface area contributed by atoms with Gasteiger partial charge in [-0.3, -0.25) is 0 Å². The Labute approximate surface area is 84.0 Å². The highest BCUT2D eigenvalue weighted by Gasteiger charge is 2.38. The van der Waals surface area contributed by atoms with Gasteiger partial charge in [-0.1, -0.05) is 20.8 Å². The van der Waals surface area contributed by atoms with Gasteiger partial charge in [0, 0.05) is 6.10 Å². The van der Waals surface area contributed by atoms with Crippen LogP contribution in [0.4, 0.5) is 0 Å². The van der Waals surface area contributed by atoms with Crippen molar-refractivity contribution >= 4 is 8.32 Å². The molecule has 0 aromatic rings. The first-order valence-electron chi connectivity index (χ1n) is 5.08. The number of hydrogen-bond donors (Lipinski definition) is 1. The lowest BCUT2D eigenvalue weighted by Gasteiger charge is -2.38. The second-order valence-electron chi connectivity index (χ2n) is 5.27. The molecular formula is C10H25NOSi. The van der Waals surface area contributed by atoms with Crippen molar-refractivity contribution in [1.82, 2.24) is 0 Å². The summed E-state index contributed by atoms with van der Waals surface area (Å²) in [7, 11) is -1.56. The van der Waals surface area contributed by atoms with Crippen LogP contribution in [0, 0.1) is 0 Å². The molecule has 0 saturated carbocycles. The van der Waals surface area contributed by atoms with Gasteiger partial charge in [0.15, 0.2) is 8.32 Å². The van der Waals surface area contributed by atoms with E-state index in [0.29, 0.717) is 11.1 Å². The van der Waals surface area contributed by atoms with Crippen LogP contribution in [0.3, 0.4) is 0 Å². The highest BCUT2D eigenvalue weighted by molar-refractivity contribution is 6.74. The maximum Gasteiger partial charge on any atom is 0.192 e. The van der Waals surface area contributed by atoms with Crippen molar-refractivity contribution in [2.45, 2.75) is 58.4 Å². The third-order valence-electron chi connectivity index (χ3n) is 2.88. The maximum absolute atomic E-state index is 6.10. The molecule has 0 amide bonds. The summed E-state index contributed by atoms with van der Waals surface area (Å²) in [4.78, 5) is 0. The zero-order chi connectivity index (χ0) is 10.7. The average molecular weight is 203 g/mol. The Morgan fingerprint density at radius 3 is 2.08 bits per heavy atom. The Bertz CT molecular complexity index is 151. The highest BCUT2D eigenvalue weighted by Crippen LogP contribution is 2.37. The quantitative estimate of drug-likeness (QED) is 0.713. The largest absolute Gasteiger partial charge is 0.414 e. The lowest BCUT2D eigenvalue weighted by molar-refractivity contribution is 0.192. The first-order chi connectivity index (χ1) is 5.70. The fourth-order valence-corrected chi connectivity index (χ4v) is 2.45. The van der Waals surface area contributed by atoms with E-state index in [4.69, 9.17) is 10.2 Å². The van der Waals surface area contributed by atoms with Gasteiger partial charge in [-0.05, 0) is 38.0 Å². The fourth-order valence-electron chi connectivity index (χ4n) is 0.973. The SMILES string of the molecule is C[C@@H](CCN)O[Si](C)(C)C(C)(C)C. The second kappa shape index (κ2) is 4.58. The Morgan fingerprint density at radius 2 is 1.77 bits per heavy atom. The van der Waals surface area contributed by atoms with E-state index in [-0.39, 0.29) is 0 Å². The van der Waals surface area contributed by atoms with E-state index >= 15 is 0 Å². The van der Waals surface area contributed by atoms with E-state index < -0.39 is 8.32 Å². The monoisotopic (exact) mass is 203 g/mol. The van der Waals surface area contributed by atoms with Gasteiger partial charge < -0.3 is 10.2 Å². The molecular weight excluding hydrogens is 178 g/mol. The van der Waals surface area contributed by atoms with E-state index in [1.165, 1.54) is 0 Å². The van der Waals surface area contributed by atoms with Crippen molar-refractivity contribution in [2.24, 2.45) is 5.73 Å². The average Bonchev–Trinajstić information content (AvgIpc) is 1.83. The summed E-state index contributed by atoms with van der Waals surface area (Å²) < 4.78 is 6.10. The van der Waals surface area contributed by atoms with E-state index in [1.54, 1.807) is 0 Å². The molecule has 0 radical (unpaired) electrons. The van der Waals surface area contributed by atoms with Crippen molar-refractivity contribution in [3.8, 4) is 0 Å². The molecule has 3 heteroatoms. The molecule has 0 aromatic heterocycles. The fraction of sp³-hybridized carbons (Fsp3) is 1.00. The molecule has 0 bridgehead atoms. The van der Waals surface area contributed by atoms with Crippen LogP contribution in [0.2, 0.25) is 18.1 Å². The second-order valence-corrected chi connectivity index (χ2v) is 10.0. The minimum atomic E-state index is -1.56. The molecule has 2 N–H and O–H groups in total. The van der Waals surface area contributed by atoms with Gasteiger partial charge >= 0.3 is 0 Å². The van der Waals surface area contributed by atoms with Gasteiger partial charge in [-0.15, -0.1) is 0 Å². The Morgan fingerprint density at radius 1 is 1.31 bits per heavy atom. The van der Waals surface area contributed by atoms with Gasteiger partial charge in [0.05, 0.1) is 0 Å². The number of rotatable bonds is 4. The van der Waals surface area contributed by atoms with Gasteiger partial charge in [-0.2, -0.15) is 0 Å². The first-order valence-corrected chi connectivity index (χ1v) is 7.99. The van der Waals surface area contributed by atoms with Crippen LogP contribution in [0.1, 0.15) is 34.1 Å². The molecule has 0 rings (SSSR count). The van der Waals surface area contributed by atoms with Crippen LogP contribution in [-0.4, -0.2) is 21.0 Å². The predicted molar refractivity (Wildman–Crippen MR) is 61.4 cm³/mol. The summed E-state index contributed by atoms with van der Waals surface area (Å²) in [6.07, 6.45) is 1.28. The molecule has 0 heterocycles. The third-order valence-corrected chi connectivity index (χ3v) is 7.48. The molecule has 0 aliphatic carbocycles. The van der Waals surface area contributed by atoms with Crippen LogP contribution in [-0.2, 0) is 4.43 Å². The molecule has 0 unspecified atom stereocenters. The molecule has 0 spiro atoms. The molecule has 0 fully saturated rings. The van der Waals surface area contributed by atoms with Gasteiger partial charge in [-0.25, -0.2) is 0 Å². The minimum absolute atomic E-state index is 0.301. The van der Waals surface area contributed by atoms with Crippen LogP contribution in [0.25, 0.3) is 0 Å². The number of nitrogens with two attached hydrogens (primary N) is 1. The van der Waals surface area contributed by atoms with Gasteiger partial charge in [0.1, 0.15) is 0 Å². The van der Waals surface area contributed by atoms with Crippen molar-refractivity contribution < 1.29 is 4.43 Å². The lowest BCUT2D eigenvalue weighted by atomic mass is 10.2. The molecule has 0 aromatic carbocycles. The molecule has 13 heavy (non-hydrogen) atoms. The first kappa shape index (κ1) is 13.1. The predicted octanol–water partition coefficient (Wildman–Crippen LogP) is 2.75. The molecule has 80 valence electrons. The summed E-state index contributed by atoms with van der Waals surface area (Å²) in [6.45, 7) is 14.2. The minimum Gasteiger partial charge on any atom is -0.414 e. The van der Waals surface area contributed by atoms with E-state index in [1.807, 2.05) is 0 Å². The van der Waals surface area contributed by atoms with Crippen molar-refractivity contribution in [2.75, 3.05) is 6.54 Å². The van der Waals surface area contributed by atoms with E-state index in [9.17, 15) is 0 Å². The van der Waals surface area contributed by atoms with Gasteiger partial charge in [0.25, 0.3) is 0 Å². The van der Waals surface area contributed by atoms with Crippen LogP contribution in [0.15, 0.2) is 0 Å². The summed E-state index contributed by atoms with van der Waals surface area (Å²) in [6, 6.07) is 0. The Kier molecular flexibility index (Phi) is 4.62. The normalized spacial score (nSPS) is 15.9. The standard InChI is InChI=1S/C10H25NOSi/c1-9(7-8-11)12-13(5,6)10(2,3)4/h9H,7-8,11H2,1-6H3/t9-/m0/s1. The number of hydrogen-bond acceptors (Lipinski definition) is 2. The molecule has 2 nitrogen and oxygen atoms in total. The zero-order valence-corrected chi connectivity index (χ0v) is 11.0. The zero-order valence-electron chi connectivity index (χ0n) is 9.98. The van der Waals surface area contributed by atoms with Crippen LogP contribution in [0.5, 0.6) is 0 Å². The molecule has 0 aliphatic heterocycles. The third kappa shape index (κ3) is 4.25. The summed E-state index contributed by atoms with van der Waals surface area (Å²) >= 11 is 0. The highest BCUT2D eigenvalue weighted by atomic mass is 28.4. The maximum atomic E-state index is 6.10. The lowest BCUT2D eigenvalue weighted by Crippen LogP contribution is -2.43. The summed E-state index contributed by atoms with van der Waals surface area (Å²) in [5.74, 6) is 0.